The molecular weight excluding hydrogens is 306 g/mol. The standard InChI is InChI=1S/C19H21NO2S/c21-18(20-14-19(22)11-4-12-19)16-7-9-17(10-8-16)23-13-15-5-2-1-3-6-15/h1-3,5-10,22H,4,11-14H2,(H,20,21). The fourth-order valence-corrected chi connectivity index (χ4v) is 3.41. The van der Waals surface area contributed by atoms with E-state index in [1.807, 2.05) is 42.5 Å². The first-order valence-electron chi connectivity index (χ1n) is 7.92. The Morgan fingerprint density at radius 1 is 1.09 bits per heavy atom. The molecule has 1 amide bonds. The summed E-state index contributed by atoms with van der Waals surface area (Å²) < 4.78 is 0. The Kier molecular flexibility index (Phi) is 5.03. The predicted octanol–water partition coefficient (Wildman–Crippen LogP) is 3.62. The Hall–Kier alpha value is -1.78. The summed E-state index contributed by atoms with van der Waals surface area (Å²) in [5.41, 5.74) is 1.24. The van der Waals surface area contributed by atoms with Gasteiger partial charge < -0.3 is 10.4 Å². The lowest BCUT2D eigenvalue weighted by molar-refractivity contribution is -0.0300. The van der Waals surface area contributed by atoms with Crippen LogP contribution in [0.15, 0.2) is 59.5 Å². The van der Waals surface area contributed by atoms with E-state index in [0.29, 0.717) is 12.1 Å². The molecule has 3 nitrogen and oxygen atoms in total. The number of benzene rings is 2. The van der Waals surface area contributed by atoms with E-state index in [1.54, 1.807) is 11.8 Å². The maximum absolute atomic E-state index is 12.1. The molecule has 0 aromatic heterocycles. The van der Waals surface area contributed by atoms with Crippen LogP contribution >= 0.6 is 11.8 Å². The average molecular weight is 327 g/mol. The third kappa shape index (κ3) is 4.36. The summed E-state index contributed by atoms with van der Waals surface area (Å²) >= 11 is 1.75. The van der Waals surface area contributed by atoms with Crippen LogP contribution in [0, 0.1) is 0 Å². The molecule has 1 fully saturated rings. The molecule has 2 aromatic carbocycles. The molecule has 1 aliphatic carbocycles. The molecule has 1 saturated carbocycles. The Bertz CT molecular complexity index is 651. The van der Waals surface area contributed by atoms with Crippen molar-refractivity contribution in [3.63, 3.8) is 0 Å². The predicted molar refractivity (Wildman–Crippen MR) is 93.6 cm³/mol. The van der Waals surface area contributed by atoms with Crippen molar-refractivity contribution in [2.75, 3.05) is 6.54 Å². The minimum atomic E-state index is -0.679. The van der Waals surface area contributed by atoms with Crippen molar-refractivity contribution in [1.82, 2.24) is 5.32 Å². The lowest BCUT2D eigenvalue weighted by Gasteiger charge is -2.36. The SMILES string of the molecule is O=C(NCC1(O)CCC1)c1ccc(SCc2ccccc2)cc1. The summed E-state index contributed by atoms with van der Waals surface area (Å²) in [4.78, 5) is 13.2. The van der Waals surface area contributed by atoms with E-state index in [9.17, 15) is 9.90 Å². The second-order valence-electron chi connectivity index (χ2n) is 6.06. The summed E-state index contributed by atoms with van der Waals surface area (Å²) in [5, 5.41) is 12.8. The quantitative estimate of drug-likeness (QED) is 0.797. The largest absolute Gasteiger partial charge is 0.388 e. The minimum Gasteiger partial charge on any atom is -0.388 e. The molecular formula is C19H21NO2S. The molecule has 0 radical (unpaired) electrons. The minimum absolute atomic E-state index is 0.120. The number of amides is 1. The fourth-order valence-electron chi connectivity index (χ4n) is 2.55. The summed E-state index contributed by atoms with van der Waals surface area (Å²) in [5.74, 6) is 0.796. The van der Waals surface area contributed by atoms with E-state index < -0.39 is 5.60 Å². The molecule has 4 heteroatoms. The van der Waals surface area contributed by atoms with Crippen molar-refractivity contribution >= 4 is 17.7 Å². The van der Waals surface area contributed by atoms with E-state index in [-0.39, 0.29) is 5.91 Å². The number of thioether (sulfide) groups is 1. The molecule has 0 bridgehead atoms. The zero-order valence-electron chi connectivity index (χ0n) is 13.0. The molecule has 0 atom stereocenters. The first-order valence-corrected chi connectivity index (χ1v) is 8.91. The highest BCUT2D eigenvalue weighted by Gasteiger charge is 2.34. The van der Waals surface area contributed by atoms with Crippen molar-refractivity contribution in [3.05, 3.63) is 65.7 Å². The summed E-state index contributed by atoms with van der Waals surface area (Å²) in [6, 6.07) is 17.9. The highest BCUT2D eigenvalue weighted by atomic mass is 32.2. The molecule has 3 rings (SSSR count). The van der Waals surface area contributed by atoms with Gasteiger partial charge in [-0.15, -0.1) is 11.8 Å². The molecule has 2 aromatic rings. The van der Waals surface area contributed by atoms with Crippen LogP contribution in [0.5, 0.6) is 0 Å². The number of nitrogens with one attached hydrogen (secondary N) is 1. The smallest absolute Gasteiger partial charge is 0.251 e. The van der Waals surface area contributed by atoms with E-state index in [2.05, 4.69) is 17.4 Å². The molecule has 0 spiro atoms. The second-order valence-corrected chi connectivity index (χ2v) is 7.11. The van der Waals surface area contributed by atoms with Gasteiger partial charge in [-0.3, -0.25) is 4.79 Å². The lowest BCUT2D eigenvalue weighted by atomic mass is 9.80. The van der Waals surface area contributed by atoms with Gasteiger partial charge in [0, 0.05) is 22.8 Å². The number of carbonyl (C=O) groups is 1. The summed E-state index contributed by atoms with van der Waals surface area (Å²) in [7, 11) is 0. The highest BCUT2D eigenvalue weighted by Crippen LogP contribution is 2.30. The van der Waals surface area contributed by atoms with Crippen molar-refractivity contribution in [2.45, 2.75) is 35.5 Å². The third-order valence-electron chi connectivity index (χ3n) is 4.23. The van der Waals surface area contributed by atoms with Gasteiger partial charge >= 0.3 is 0 Å². The summed E-state index contributed by atoms with van der Waals surface area (Å²) in [6.45, 7) is 0.344. The number of carbonyl (C=O) groups excluding carboxylic acids is 1. The van der Waals surface area contributed by atoms with Crippen molar-refractivity contribution < 1.29 is 9.90 Å². The van der Waals surface area contributed by atoms with E-state index in [4.69, 9.17) is 0 Å². The van der Waals surface area contributed by atoms with Gasteiger partial charge in [-0.05, 0) is 49.1 Å². The Balaban J connectivity index is 1.51. The monoisotopic (exact) mass is 327 g/mol. The van der Waals surface area contributed by atoms with Gasteiger partial charge in [0.05, 0.1) is 5.60 Å². The first-order chi connectivity index (χ1) is 11.1. The van der Waals surface area contributed by atoms with Crippen molar-refractivity contribution in [2.24, 2.45) is 0 Å². The number of rotatable bonds is 6. The Morgan fingerprint density at radius 3 is 2.39 bits per heavy atom. The maximum Gasteiger partial charge on any atom is 0.251 e. The summed E-state index contributed by atoms with van der Waals surface area (Å²) in [6.07, 6.45) is 2.60. The van der Waals surface area contributed by atoms with Gasteiger partial charge in [-0.1, -0.05) is 30.3 Å². The van der Waals surface area contributed by atoms with Gasteiger partial charge in [-0.2, -0.15) is 0 Å². The second kappa shape index (κ2) is 7.20. The van der Waals surface area contributed by atoms with E-state index in [0.717, 1.165) is 29.9 Å². The molecule has 2 N–H and O–H groups in total. The van der Waals surface area contributed by atoms with Gasteiger partial charge in [-0.25, -0.2) is 0 Å². The van der Waals surface area contributed by atoms with Gasteiger partial charge in [0.15, 0.2) is 0 Å². The Labute approximate surface area is 141 Å². The van der Waals surface area contributed by atoms with Crippen LogP contribution in [0.25, 0.3) is 0 Å². The van der Waals surface area contributed by atoms with Crippen LogP contribution in [0.1, 0.15) is 35.2 Å². The maximum atomic E-state index is 12.1. The zero-order chi connectivity index (χ0) is 16.1. The van der Waals surface area contributed by atoms with Crippen LogP contribution in [0.3, 0.4) is 0 Å². The molecule has 0 heterocycles. The molecule has 120 valence electrons. The van der Waals surface area contributed by atoms with Crippen LogP contribution in [0.4, 0.5) is 0 Å². The number of hydrogen-bond acceptors (Lipinski definition) is 3. The van der Waals surface area contributed by atoms with E-state index in [1.165, 1.54) is 5.56 Å². The normalized spacial score (nSPS) is 15.7. The number of hydrogen-bond donors (Lipinski definition) is 2. The van der Waals surface area contributed by atoms with Crippen LogP contribution in [-0.4, -0.2) is 23.2 Å². The molecule has 0 aliphatic heterocycles. The average Bonchev–Trinajstić information content (AvgIpc) is 2.57. The van der Waals surface area contributed by atoms with Crippen LogP contribution in [0.2, 0.25) is 0 Å². The first kappa shape index (κ1) is 16.1. The lowest BCUT2D eigenvalue weighted by Crippen LogP contribution is -2.47. The van der Waals surface area contributed by atoms with Gasteiger partial charge in [0.25, 0.3) is 5.91 Å². The molecule has 0 unspecified atom stereocenters. The van der Waals surface area contributed by atoms with E-state index >= 15 is 0 Å². The van der Waals surface area contributed by atoms with Crippen LogP contribution < -0.4 is 5.32 Å². The van der Waals surface area contributed by atoms with Gasteiger partial charge in [0.1, 0.15) is 0 Å². The Morgan fingerprint density at radius 2 is 1.78 bits per heavy atom. The van der Waals surface area contributed by atoms with Gasteiger partial charge in [0.2, 0.25) is 0 Å². The third-order valence-corrected chi connectivity index (χ3v) is 5.31. The van der Waals surface area contributed by atoms with Crippen LogP contribution in [-0.2, 0) is 5.75 Å². The molecule has 23 heavy (non-hydrogen) atoms. The molecule has 0 saturated heterocycles. The van der Waals surface area contributed by atoms with Crippen molar-refractivity contribution in [3.8, 4) is 0 Å². The topological polar surface area (TPSA) is 49.3 Å². The van der Waals surface area contributed by atoms with Crippen molar-refractivity contribution in [1.29, 1.82) is 0 Å². The highest BCUT2D eigenvalue weighted by molar-refractivity contribution is 7.98. The molecule has 1 aliphatic rings. The number of aliphatic hydroxyl groups is 1. The fraction of sp³-hybridized carbons (Fsp3) is 0.316. The zero-order valence-corrected chi connectivity index (χ0v) is 13.8.